The Balaban J connectivity index is 2.84. The standard InChI is InChI=1S/C9H12OS2/c1-6(10)4-8-5-9(11-3)12-7(8)2/h5H,4H2,1-3H3. The minimum absolute atomic E-state index is 0.239. The van der Waals surface area contributed by atoms with Crippen molar-refractivity contribution in [1.82, 2.24) is 0 Å². The highest BCUT2D eigenvalue weighted by Crippen LogP contribution is 2.28. The molecule has 0 saturated heterocycles. The zero-order chi connectivity index (χ0) is 9.14. The minimum Gasteiger partial charge on any atom is -0.300 e. The first-order valence-electron chi connectivity index (χ1n) is 3.76. The van der Waals surface area contributed by atoms with Gasteiger partial charge in [0.1, 0.15) is 5.78 Å². The van der Waals surface area contributed by atoms with Gasteiger partial charge in [-0.25, -0.2) is 0 Å². The molecule has 1 aromatic rings. The molecule has 0 aliphatic carbocycles. The number of Topliss-reactive ketones (excluding diaryl/α,β-unsaturated/α-hetero) is 1. The number of thioether (sulfide) groups is 1. The Labute approximate surface area is 81.2 Å². The van der Waals surface area contributed by atoms with Crippen molar-refractivity contribution in [2.75, 3.05) is 6.26 Å². The first-order valence-corrected chi connectivity index (χ1v) is 5.80. The van der Waals surface area contributed by atoms with E-state index in [-0.39, 0.29) is 5.78 Å². The molecule has 66 valence electrons. The van der Waals surface area contributed by atoms with Gasteiger partial charge in [-0.2, -0.15) is 0 Å². The van der Waals surface area contributed by atoms with Crippen molar-refractivity contribution in [3.05, 3.63) is 16.5 Å². The van der Waals surface area contributed by atoms with Crippen molar-refractivity contribution in [2.24, 2.45) is 0 Å². The van der Waals surface area contributed by atoms with Gasteiger partial charge in [0.05, 0.1) is 4.21 Å². The van der Waals surface area contributed by atoms with E-state index in [9.17, 15) is 4.79 Å². The Kier molecular flexibility index (Phi) is 3.35. The first-order chi connectivity index (χ1) is 5.63. The van der Waals surface area contributed by atoms with Crippen LogP contribution in [0.4, 0.5) is 0 Å². The summed E-state index contributed by atoms with van der Waals surface area (Å²) >= 11 is 3.51. The van der Waals surface area contributed by atoms with Gasteiger partial charge >= 0.3 is 0 Å². The van der Waals surface area contributed by atoms with Crippen LogP contribution in [0, 0.1) is 6.92 Å². The molecule has 3 heteroatoms. The van der Waals surface area contributed by atoms with Gasteiger partial charge < -0.3 is 0 Å². The average molecular weight is 200 g/mol. The number of carbonyl (C=O) groups excluding carboxylic acids is 1. The summed E-state index contributed by atoms with van der Waals surface area (Å²) in [5.41, 5.74) is 1.19. The largest absolute Gasteiger partial charge is 0.300 e. The summed E-state index contributed by atoms with van der Waals surface area (Å²) in [6, 6.07) is 2.12. The lowest BCUT2D eigenvalue weighted by molar-refractivity contribution is -0.116. The van der Waals surface area contributed by atoms with Crippen molar-refractivity contribution >= 4 is 28.9 Å². The average Bonchev–Trinajstić information content (AvgIpc) is 2.31. The van der Waals surface area contributed by atoms with E-state index >= 15 is 0 Å². The summed E-state index contributed by atoms with van der Waals surface area (Å²) < 4.78 is 1.30. The van der Waals surface area contributed by atoms with E-state index in [1.54, 1.807) is 30.0 Å². The Morgan fingerprint density at radius 3 is 2.75 bits per heavy atom. The third-order valence-corrected chi connectivity index (χ3v) is 3.80. The minimum atomic E-state index is 0.239. The zero-order valence-corrected chi connectivity index (χ0v) is 9.14. The summed E-state index contributed by atoms with van der Waals surface area (Å²) in [6.07, 6.45) is 2.64. The molecular weight excluding hydrogens is 188 g/mol. The number of rotatable bonds is 3. The normalized spacial score (nSPS) is 10.2. The summed E-state index contributed by atoms with van der Waals surface area (Å²) in [5.74, 6) is 0.239. The molecule has 0 aliphatic rings. The topological polar surface area (TPSA) is 17.1 Å². The fourth-order valence-electron chi connectivity index (χ4n) is 1.03. The molecule has 0 spiro atoms. The number of hydrogen-bond acceptors (Lipinski definition) is 3. The molecule has 1 nitrogen and oxygen atoms in total. The van der Waals surface area contributed by atoms with Crippen LogP contribution < -0.4 is 0 Å². The first kappa shape index (κ1) is 9.81. The molecule has 0 aliphatic heterocycles. The molecule has 0 N–H and O–H groups in total. The maximum absolute atomic E-state index is 10.9. The second-order valence-corrected chi connectivity index (χ2v) is 5.09. The Morgan fingerprint density at radius 2 is 2.33 bits per heavy atom. The Bertz CT molecular complexity index is 289. The Morgan fingerprint density at radius 1 is 1.67 bits per heavy atom. The zero-order valence-electron chi connectivity index (χ0n) is 7.51. The van der Waals surface area contributed by atoms with Crippen LogP contribution in [0.25, 0.3) is 0 Å². The molecule has 0 radical (unpaired) electrons. The molecule has 0 saturated carbocycles. The molecule has 0 amide bonds. The number of hydrogen-bond donors (Lipinski definition) is 0. The molecule has 0 aromatic carbocycles. The van der Waals surface area contributed by atoms with Crippen LogP contribution in [0.2, 0.25) is 0 Å². The maximum atomic E-state index is 10.9. The van der Waals surface area contributed by atoms with Crippen LogP contribution in [-0.2, 0) is 11.2 Å². The van der Waals surface area contributed by atoms with E-state index in [0.29, 0.717) is 6.42 Å². The quantitative estimate of drug-likeness (QED) is 0.698. The SMILES string of the molecule is CSc1cc(CC(C)=O)c(C)s1. The molecule has 0 bridgehead atoms. The fourth-order valence-corrected chi connectivity index (χ4v) is 2.77. The predicted octanol–water partition coefficient (Wildman–Crippen LogP) is 2.91. The van der Waals surface area contributed by atoms with E-state index in [0.717, 1.165) is 0 Å². The van der Waals surface area contributed by atoms with E-state index in [4.69, 9.17) is 0 Å². The lowest BCUT2D eigenvalue weighted by Gasteiger charge is -1.92. The van der Waals surface area contributed by atoms with Crippen LogP contribution in [-0.4, -0.2) is 12.0 Å². The van der Waals surface area contributed by atoms with Gasteiger partial charge in [0, 0.05) is 11.3 Å². The number of ketones is 1. The monoisotopic (exact) mass is 200 g/mol. The summed E-state index contributed by atoms with van der Waals surface area (Å²) in [4.78, 5) is 12.1. The highest BCUT2D eigenvalue weighted by Gasteiger charge is 2.06. The molecule has 0 atom stereocenters. The third kappa shape index (κ3) is 2.35. The van der Waals surface area contributed by atoms with Crippen LogP contribution in [0.1, 0.15) is 17.4 Å². The van der Waals surface area contributed by atoms with Crippen molar-refractivity contribution in [3.63, 3.8) is 0 Å². The van der Waals surface area contributed by atoms with Crippen molar-refractivity contribution in [1.29, 1.82) is 0 Å². The summed E-state index contributed by atoms with van der Waals surface area (Å²) in [5, 5.41) is 0. The van der Waals surface area contributed by atoms with Crippen molar-refractivity contribution in [3.8, 4) is 0 Å². The summed E-state index contributed by atoms with van der Waals surface area (Å²) in [7, 11) is 0. The Hall–Kier alpha value is -0.280. The molecule has 0 fully saturated rings. The fraction of sp³-hybridized carbons (Fsp3) is 0.444. The van der Waals surface area contributed by atoms with Crippen LogP contribution in [0.3, 0.4) is 0 Å². The second-order valence-electron chi connectivity index (χ2n) is 2.73. The lowest BCUT2D eigenvalue weighted by Crippen LogP contribution is -1.95. The maximum Gasteiger partial charge on any atom is 0.134 e. The molecule has 12 heavy (non-hydrogen) atoms. The van der Waals surface area contributed by atoms with Crippen LogP contribution in [0.15, 0.2) is 10.3 Å². The van der Waals surface area contributed by atoms with Gasteiger partial charge in [-0.05, 0) is 31.7 Å². The molecule has 1 heterocycles. The van der Waals surface area contributed by atoms with E-state index in [1.807, 2.05) is 0 Å². The van der Waals surface area contributed by atoms with Gasteiger partial charge in [-0.3, -0.25) is 4.79 Å². The van der Waals surface area contributed by atoms with Crippen LogP contribution >= 0.6 is 23.1 Å². The van der Waals surface area contributed by atoms with Crippen LogP contribution in [0.5, 0.6) is 0 Å². The third-order valence-electron chi connectivity index (χ3n) is 1.64. The predicted molar refractivity (Wildman–Crippen MR) is 55.2 cm³/mol. The van der Waals surface area contributed by atoms with Crippen molar-refractivity contribution in [2.45, 2.75) is 24.5 Å². The molecule has 0 unspecified atom stereocenters. The van der Waals surface area contributed by atoms with E-state index < -0.39 is 0 Å². The molecule has 1 aromatic heterocycles. The number of thiophene rings is 1. The van der Waals surface area contributed by atoms with Gasteiger partial charge in [0.25, 0.3) is 0 Å². The van der Waals surface area contributed by atoms with Gasteiger partial charge in [-0.15, -0.1) is 23.1 Å². The van der Waals surface area contributed by atoms with E-state index in [1.165, 1.54) is 14.6 Å². The molecule has 1 rings (SSSR count). The summed E-state index contributed by atoms with van der Waals surface area (Å²) in [6.45, 7) is 3.71. The highest BCUT2D eigenvalue weighted by molar-refractivity contribution is 8.00. The molecular formula is C9H12OS2. The van der Waals surface area contributed by atoms with Crippen molar-refractivity contribution < 1.29 is 4.79 Å². The van der Waals surface area contributed by atoms with E-state index in [2.05, 4.69) is 19.2 Å². The van der Waals surface area contributed by atoms with Gasteiger partial charge in [-0.1, -0.05) is 0 Å². The highest BCUT2D eigenvalue weighted by atomic mass is 32.2. The number of carbonyl (C=O) groups is 1. The van der Waals surface area contributed by atoms with Gasteiger partial charge in [0.15, 0.2) is 0 Å². The smallest absolute Gasteiger partial charge is 0.134 e. The van der Waals surface area contributed by atoms with Gasteiger partial charge in [0.2, 0.25) is 0 Å². The lowest BCUT2D eigenvalue weighted by atomic mass is 10.1. The second kappa shape index (κ2) is 4.10. The number of aryl methyl sites for hydroxylation is 1.